The normalized spacial score (nSPS) is 26.0. The maximum absolute atomic E-state index is 12.1. The fourth-order valence-corrected chi connectivity index (χ4v) is 3.69. The van der Waals surface area contributed by atoms with E-state index in [1.807, 2.05) is 25.1 Å². The van der Waals surface area contributed by atoms with E-state index in [4.69, 9.17) is 4.74 Å². The Morgan fingerprint density at radius 3 is 2.95 bits per heavy atom. The van der Waals surface area contributed by atoms with Gasteiger partial charge in [-0.3, -0.25) is 9.78 Å². The molecule has 4 heteroatoms. The van der Waals surface area contributed by atoms with Crippen molar-refractivity contribution in [3.05, 3.63) is 30.1 Å². The third-order valence-corrected chi connectivity index (χ3v) is 5.11. The summed E-state index contributed by atoms with van der Waals surface area (Å²) in [4.78, 5) is 16.4. The first-order valence-corrected chi connectivity index (χ1v) is 8.05. The molecule has 0 saturated heterocycles. The molecule has 0 aliphatic heterocycles. The lowest BCUT2D eigenvalue weighted by Gasteiger charge is -2.61. The number of carbonyl (C=O) groups excluding carboxylic acids is 1. The van der Waals surface area contributed by atoms with E-state index in [0.29, 0.717) is 25.0 Å². The molecule has 1 spiro atoms. The van der Waals surface area contributed by atoms with Crippen molar-refractivity contribution in [3.8, 4) is 0 Å². The first-order valence-electron chi connectivity index (χ1n) is 8.05. The number of hydrogen-bond donors (Lipinski definition) is 1. The highest BCUT2D eigenvalue weighted by Crippen LogP contribution is 2.57. The average Bonchev–Trinajstić information content (AvgIpc) is 2.43. The zero-order valence-electron chi connectivity index (χ0n) is 12.7. The molecule has 0 radical (unpaired) electrons. The summed E-state index contributed by atoms with van der Waals surface area (Å²) in [7, 11) is 0. The number of carbonyl (C=O) groups is 1. The maximum Gasteiger partial charge on any atom is 0.220 e. The predicted molar refractivity (Wildman–Crippen MR) is 80.8 cm³/mol. The molecule has 21 heavy (non-hydrogen) atoms. The van der Waals surface area contributed by atoms with Crippen LogP contribution in [0.2, 0.25) is 0 Å². The highest BCUT2D eigenvalue weighted by Gasteiger charge is 2.59. The van der Waals surface area contributed by atoms with Crippen LogP contribution in [-0.4, -0.2) is 29.6 Å². The van der Waals surface area contributed by atoms with Crippen LogP contribution in [0.1, 0.15) is 44.7 Å². The van der Waals surface area contributed by atoms with Crippen LogP contribution in [0.15, 0.2) is 24.4 Å². The fraction of sp³-hybridized carbons (Fsp3) is 0.647. The summed E-state index contributed by atoms with van der Waals surface area (Å²) in [5.74, 6) is 0.145. The van der Waals surface area contributed by atoms with Crippen molar-refractivity contribution >= 4 is 5.91 Å². The quantitative estimate of drug-likeness (QED) is 0.875. The molecule has 0 aromatic carbocycles. The average molecular weight is 288 g/mol. The number of ether oxygens (including phenoxy) is 1. The highest BCUT2D eigenvalue weighted by molar-refractivity contribution is 5.76. The second-order valence-corrected chi connectivity index (χ2v) is 6.21. The number of aromatic nitrogens is 1. The molecule has 2 atom stereocenters. The Morgan fingerprint density at radius 2 is 2.33 bits per heavy atom. The van der Waals surface area contributed by atoms with Crippen molar-refractivity contribution in [1.29, 1.82) is 0 Å². The number of pyridine rings is 1. The first kappa shape index (κ1) is 14.5. The molecule has 1 aromatic heterocycles. The molecule has 2 unspecified atom stereocenters. The molecule has 1 heterocycles. The van der Waals surface area contributed by atoms with Gasteiger partial charge in [-0.1, -0.05) is 12.5 Å². The molecule has 1 aromatic rings. The number of nitrogens with zero attached hydrogens (tertiary/aromatic N) is 1. The topological polar surface area (TPSA) is 51.2 Å². The lowest BCUT2D eigenvalue weighted by Crippen LogP contribution is -2.67. The van der Waals surface area contributed by atoms with Crippen LogP contribution in [0.25, 0.3) is 0 Å². The minimum atomic E-state index is 0.145. The molecule has 2 aliphatic carbocycles. The van der Waals surface area contributed by atoms with Gasteiger partial charge in [-0.2, -0.15) is 0 Å². The first-order chi connectivity index (χ1) is 10.2. The van der Waals surface area contributed by atoms with Gasteiger partial charge < -0.3 is 10.1 Å². The molecule has 0 bridgehead atoms. The number of amides is 1. The van der Waals surface area contributed by atoms with Crippen LogP contribution in [0.5, 0.6) is 0 Å². The standard InChI is InChI=1S/C17H24N2O2/c1-2-21-15-12-14(17(15)9-5-10-17)19-16(20)8-7-13-6-3-4-11-18-13/h3-4,6,11,14-15H,2,5,7-10,12H2,1H3,(H,19,20). The molecular weight excluding hydrogens is 264 g/mol. The Balaban J connectivity index is 1.47. The Kier molecular flexibility index (Phi) is 4.24. The third-order valence-electron chi connectivity index (χ3n) is 5.11. The van der Waals surface area contributed by atoms with Crippen LogP contribution >= 0.6 is 0 Å². The minimum Gasteiger partial charge on any atom is -0.378 e. The molecule has 2 aliphatic rings. The monoisotopic (exact) mass is 288 g/mol. The highest BCUT2D eigenvalue weighted by atomic mass is 16.5. The number of hydrogen-bond acceptors (Lipinski definition) is 3. The van der Waals surface area contributed by atoms with Gasteiger partial charge in [0.15, 0.2) is 0 Å². The van der Waals surface area contributed by atoms with E-state index < -0.39 is 0 Å². The van der Waals surface area contributed by atoms with E-state index in [1.165, 1.54) is 19.3 Å². The smallest absolute Gasteiger partial charge is 0.220 e. The lowest BCUT2D eigenvalue weighted by atomic mass is 9.51. The number of aryl methyl sites for hydroxylation is 1. The summed E-state index contributed by atoms with van der Waals surface area (Å²) in [6.45, 7) is 2.82. The Morgan fingerprint density at radius 1 is 1.48 bits per heavy atom. The fourth-order valence-electron chi connectivity index (χ4n) is 3.69. The maximum atomic E-state index is 12.1. The van der Waals surface area contributed by atoms with Gasteiger partial charge in [0, 0.05) is 36.4 Å². The van der Waals surface area contributed by atoms with Crippen LogP contribution in [0, 0.1) is 5.41 Å². The SMILES string of the molecule is CCOC1CC(NC(=O)CCc2ccccn2)C12CCC2. The van der Waals surface area contributed by atoms with Gasteiger partial charge in [0.2, 0.25) is 5.91 Å². The van der Waals surface area contributed by atoms with Crippen LogP contribution in [0.3, 0.4) is 0 Å². The van der Waals surface area contributed by atoms with E-state index in [-0.39, 0.29) is 11.3 Å². The number of rotatable bonds is 6. The van der Waals surface area contributed by atoms with Crippen molar-refractivity contribution in [3.63, 3.8) is 0 Å². The summed E-state index contributed by atoms with van der Waals surface area (Å²) in [6, 6.07) is 6.14. The molecule has 1 amide bonds. The van der Waals surface area contributed by atoms with Gasteiger partial charge in [-0.05, 0) is 44.7 Å². The van der Waals surface area contributed by atoms with Gasteiger partial charge in [-0.15, -0.1) is 0 Å². The van der Waals surface area contributed by atoms with Crippen molar-refractivity contribution in [2.75, 3.05) is 6.61 Å². The summed E-state index contributed by atoms with van der Waals surface area (Å²) in [5, 5.41) is 3.22. The van der Waals surface area contributed by atoms with Gasteiger partial charge in [0.05, 0.1) is 6.10 Å². The van der Waals surface area contributed by atoms with Crippen molar-refractivity contribution in [2.45, 2.75) is 57.6 Å². The molecular formula is C17H24N2O2. The van der Waals surface area contributed by atoms with Crippen LogP contribution < -0.4 is 5.32 Å². The Hall–Kier alpha value is -1.42. The molecule has 2 fully saturated rings. The predicted octanol–water partition coefficient (Wildman–Crippen LogP) is 2.48. The van der Waals surface area contributed by atoms with E-state index in [2.05, 4.69) is 10.3 Å². The summed E-state index contributed by atoms with van der Waals surface area (Å²) >= 11 is 0. The summed E-state index contributed by atoms with van der Waals surface area (Å²) < 4.78 is 5.82. The summed E-state index contributed by atoms with van der Waals surface area (Å²) in [6.07, 6.45) is 8.00. The second kappa shape index (κ2) is 6.14. The van der Waals surface area contributed by atoms with E-state index in [9.17, 15) is 4.79 Å². The van der Waals surface area contributed by atoms with Crippen molar-refractivity contribution in [2.24, 2.45) is 5.41 Å². The van der Waals surface area contributed by atoms with E-state index >= 15 is 0 Å². The zero-order chi connectivity index (χ0) is 14.7. The summed E-state index contributed by atoms with van der Waals surface area (Å²) in [5.41, 5.74) is 1.23. The molecule has 4 nitrogen and oxygen atoms in total. The molecule has 2 saturated carbocycles. The van der Waals surface area contributed by atoms with Crippen molar-refractivity contribution < 1.29 is 9.53 Å². The Bertz CT molecular complexity index is 485. The van der Waals surface area contributed by atoms with E-state index in [1.54, 1.807) is 6.20 Å². The third kappa shape index (κ3) is 2.82. The van der Waals surface area contributed by atoms with Crippen LogP contribution in [0.4, 0.5) is 0 Å². The Labute approximate surface area is 126 Å². The van der Waals surface area contributed by atoms with Gasteiger partial charge in [0.25, 0.3) is 0 Å². The van der Waals surface area contributed by atoms with Crippen molar-refractivity contribution in [1.82, 2.24) is 10.3 Å². The number of nitrogens with one attached hydrogen (secondary N) is 1. The largest absolute Gasteiger partial charge is 0.378 e. The molecule has 1 N–H and O–H groups in total. The van der Waals surface area contributed by atoms with Gasteiger partial charge >= 0.3 is 0 Å². The van der Waals surface area contributed by atoms with Gasteiger partial charge in [-0.25, -0.2) is 0 Å². The minimum absolute atomic E-state index is 0.145. The molecule has 114 valence electrons. The van der Waals surface area contributed by atoms with E-state index in [0.717, 1.165) is 18.7 Å². The lowest BCUT2D eigenvalue weighted by molar-refractivity contribution is -0.175. The van der Waals surface area contributed by atoms with Crippen LogP contribution in [-0.2, 0) is 16.0 Å². The molecule has 3 rings (SSSR count). The second-order valence-electron chi connectivity index (χ2n) is 6.21. The zero-order valence-corrected chi connectivity index (χ0v) is 12.7. The van der Waals surface area contributed by atoms with Gasteiger partial charge in [0.1, 0.15) is 0 Å².